The van der Waals surface area contributed by atoms with Crippen LogP contribution in [-0.4, -0.2) is 40.5 Å². The standard InChI is InChI=1S/C17H19ClN6S2/c18-14-5-3-13(4-6-14)16-7-10-24(22-16)17(21-9-11-25-19)23-26-15-2-1-8-20-12-15/h1-6,8,12H,7,9-11,19H2,(H,21,23). The van der Waals surface area contributed by atoms with Crippen LogP contribution in [0.15, 0.2) is 63.8 Å². The Labute approximate surface area is 166 Å². The van der Waals surface area contributed by atoms with Crippen LogP contribution in [0, 0.1) is 0 Å². The highest BCUT2D eigenvalue weighted by Crippen LogP contribution is 2.18. The number of halogens is 1. The number of guanidine groups is 1. The summed E-state index contributed by atoms with van der Waals surface area (Å²) in [7, 11) is 0. The van der Waals surface area contributed by atoms with Crippen molar-refractivity contribution in [1.82, 2.24) is 14.7 Å². The highest BCUT2D eigenvalue weighted by Gasteiger charge is 2.20. The molecule has 0 atom stereocenters. The highest BCUT2D eigenvalue weighted by atomic mass is 35.5. The Balaban J connectivity index is 1.71. The SMILES string of the molecule is NSCCN=C(NSc1cccnc1)N1CCC(c2ccc(Cl)cc2)=N1. The molecule has 1 aromatic carbocycles. The molecule has 0 aliphatic carbocycles. The van der Waals surface area contributed by atoms with Crippen molar-refractivity contribution in [1.29, 1.82) is 0 Å². The molecule has 0 bridgehead atoms. The van der Waals surface area contributed by atoms with Crippen LogP contribution in [0.1, 0.15) is 12.0 Å². The van der Waals surface area contributed by atoms with Gasteiger partial charge in [-0.25, -0.2) is 10.0 Å². The summed E-state index contributed by atoms with van der Waals surface area (Å²) in [5, 5.41) is 12.9. The number of benzene rings is 1. The summed E-state index contributed by atoms with van der Waals surface area (Å²) in [6.45, 7) is 1.40. The molecule has 0 amide bonds. The van der Waals surface area contributed by atoms with E-state index in [4.69, 9.17) is 21.8 Å². The topological polar surface area (TPSA) is 78.9 Å². The smallest absolute Gasteiger partial charge is 0.225 e. The first-order valence-corrected chi connectivity index (χ1v) is 10.3. The van der Waals surface area contributed by atoms with Crippen molar-refractivity contribution in [2.24, 2.45) is 15.2 Å². The molecule has 0 saturated heterocycles. The van der Waals surface area contributed by atoms with E-state index in [1.165, 1.54) is 23.9 Å². The lowest BCUT2D eigenvalue weighted by molar-refractivity contribution is 0.479. The fourth-order valence-electron chi connectivity index (χ4n) is 2.34. The Morgan fingerprint density at radius 2 is 2.15 bits per heavy atom. The number of nitrogens with zero attached hydrogens (tertiary/aromatic N) is 4. The van der Waals surface area contributed by atoms with E-state index in [9.17, 15) is 0 Å². The Morgan fingerprint density at radius 1 is 1.31 bits per heavy atom. The predicted octanol–water partition coefficient (Wildman–Crippen LogP) is 3.40. The van der Waals surface area contributed by atoms with Crippen LogP contribution in [0.4, 0.5) is 0 Å². The maximum Gasteiger partial charge on any atom is 0.225 e. The van der Waals surface area contributed by atoms with E-state index in [0.717, 1.165) is 45.9 Å². The Kier molecular flexibility index (Phi) is 7.19. The van der Waals surface area contributed by atoms with Gasteiger partial charge in [0.2, 0.25) is 5.96 Å². The van der Waals surface area contributed by atoms with Gasteiger partial charge in [-0.1, -0.05) is 35.7 Å². The highest BCUT2D eigenvalue weighted by molar-refractivity contribution is 7.98. The molecule has 2 heterocycles. The number of aliphatic imine (C=N–C) groups is 1. The zero-order valence-electron chi connectivity index (χ0n) is 14.0. The summed E-state index contributed by atoms with van der Waals surface area (Å²) in [6, 6.07) is 11.6. The first-order valence-electron chi connectivity index (χ1n) is 8.06. The lowest BCUT2D eigenvalue weighted by Gasteiger charge is -2.17. The molecule has 3 N–H and O–H groups in total. The van der Waals surface area contributed by atoms with Gasteiger partial charge in [-0.3, -0.25) is 14.8 Å². The number of nitrogens with one attached hydrogen (secondary N) is 1. The molecule has 0 saturated carbocycles. The van der Waals surface area contributed by atoms with Gasteiger partial charge in [0.05, 0.1) is 18.8 Å². The fourth-order valence-corrected chi connectivity index (χ4v) is 3.30. The third-order valence-corrected chi connectivity index (χ3v) is 5.02. The van der Waals surface area contributed by atoms with E-state index >= 15 is 0 Å². The molecular formula is C17H19ClN6S2. The van der Waals surface area contributed by atoms with Crippen molar-refractivity contribution < 1.29 is 0 Å². The van der Waals surface area contributed by atoms with Gasteiger partial charge in [0.25, 0.3) is 0 Å². The average Bonchev–Trinajstić information content (AvgIpc) is 3.16. The predicted molar refractivity (Wildman–Crippen MR) is 111 cm³/mol. The first-order chi connectivity index (χ1) is 12.8. The van der Waals surface area contributed by atoms with Crippen molar-refractivity contribution in [2.45, 2.75) is 11.3 Å². The molecule has 0 spiro atoms. The third kappa shape index (κ3) is 5.38. The van der Waals surface area contributed by atoms with Crippen molar-refractivity contribution >= 4 is 47.2 Å². The number of rotatable bonds is 6. The molecule has 3 rings (SSSR count). The lowest BCUT2D eigenvalue weighted by Crippen LogP contribution is -2.33. The molecule has 1 aliphatic rings. The van der Waals surface area contributed by atoms with Gasteiger partial charge in [0, 0.05) is 34.5 Å². The number of aromatic nitrogens is 1. The monoisotopic (exact) mass is 406 g/mol. The van der Waals surface area contributed by atoms with Crippen LogP contribution >= 0.6 is 35.5 Å². The van der Waals surface area contributed by atoms with Gasteiger partial charge in [-0.15, -0.1) is 0 Å². The van der Waals surface area contributed by atoms with Crippen LogP contribution in [-0.2, 0) is 0 Å². The van der Waals surface area contributed by atoms with Crippen LogP contribution in [0.25, 0.3) is 0 Å². The second-order valence-electron chi connectivity index (χ2n) is 5.40. The number of nitrogens with two attached hydrogens (primary N) is 1. The first kappa shape index (κ1) is 19.0. The zero-order chi connectivity index (χ0) is 18.2. The van der Waals surface area contributed by atoms with E-state index in [0.29, 0.717) is 6.54 Å². The van der Waals surface area contributed by atoms with Crippen molar-refractivity contribution in [3.63, 3.8) is 0 Å². The Morgan fingerprint density at radius 3 is 2.88 bits per heavy atom. The van der Waals surface area contributed by atoms with Crippen molar-refractivity contribution in [3.8, 4) is 0 Å². The van der Waals surface area contributed by atoms with Crippen LogP contribution in [0.5, 0.6) is 0 Å². The molecular weight excluding hydrogens is 388 g/mol. The maximum atomic E-state index is 5.97. The molecule has 1 aromatic heterocycles. The number of hydrogen-bond donors (Lipinski definition) is 2. The van der Waals surface area contributed by atoms with E-state index in [2.05, 4.69) is 14.7 Å². The second-order valence-corrected chi connectivity index (χ2v) is 7.45. The zero-order valence-corrected chi connectivity index (χ0v) is 16.4. The molecule has 26 heavy (non-hydrogen) atoms. The van der Waals surface area contributed by atoms with E-state index in [1.54, 1.807) is 12.4 Å². The second kappa shape index (κ2) is 9.82. The summed E-state index contributed by atoms with van der Waals surface area (Å²) < 4.78 is 3.29. The molecule has 0 radical (unpaired) electrons. The minimum absolute atomic E-state index is 0.624. The molecule has 136 valence electrons. The molecule has 1 aliphatic heterocycles. The summed E-state index contributed by atoms with van der Waals surface area (Å²) >= 11 is 8.71. The van der Waals surface area contributed by atoms with Gasteiger partial charge >= 0.3 is 0 Å². The van der Waals surface area contributed by atoms with E-state index in [1.807, 2.05) is 41.4 Å². The minimum Gasteiger partial charge on any atom is -0.295 e. The third-order valence-electron chi connectivity index (χ3n) is 3.59. The molecule has 9 heteroatoms. The fraction of sp³-hybridized carbons (Fsp3) is 0.235. The molecule has 0 fully saturated rings. The summed E-state index contributed by atoms with van der Waals surface area (Å²) in [4.78, 5) is 9.74. The van der Waals surface area contributed by atoms with E-state index in [-0.39, 0.29) is 0 Å². The van der Waals surface area contributed by atoms with Gasteiger partial charge in [-0.2, -0.15) is 5.10 Å². The van der Waals surface area contributed by atoms with Gasteiger partial charge < -0.3 is 0 Å². The van der Waals surface area contributed by atoms with Gasteiger partial charge in [-0.05, 0) is 41.8 Å². The molecule has 0 unspecified atom stereocenters. The number of hydrazone groups is 1. The quantitative estimate of drug-likeness (QED) is 0.331. The van der Waals surface area contributed by atoms with Gasteiger partial charge in [0.15, 0.2) is 0 Å². The normalized spacial score (nSPS) is 14.5. The van der Waals surface area contributed by atoms with E-state index < -0.39 is 0 Å². The van der Waals surface area contributed by atoms with Crippen molar-refractivity contribution in [3.05, 3.63) is 59.4 Å². The largest absolute Gasteiger partial charge is 0.295 e. The summed E-state index contributed by atoms with van der Waals surface area (Å²) in [5.41, 5.74) is 2.10. The van der Waals surface area contributed by atoms with Crippen LogP contribution < -0.4 is 9.86 Å². The average molecular weight is 407 g/mol. The van der Waals surface area contributed by atoms with Crippen molar-refractivity contribution in [2.75, 3.05) is 18.8 Å². The lowest BCUT2D eigenvalue weighted by atomic mass is 10.1. The number of pyridine rings is 1. The number of hydrogen-bond acceptors (Lipinski definition) is 6. The minimum atomic E-state index is 0.624. The maximum absolute atomic E-state index is 5.97. The summed E-state index contributed by atoms with van der Waals surface area (Å²) in [6.07, 6.45) is 4.41. The molecule has 6 nitrogen and oxygen atoms in total. The Hall–Kier alpha value is -1.74. The van der Waals surface area contributed by atoms with Crippen LogP contribution in [0.3, 0.4) is 0 Å². The van der Waals surface area contributed by atoms with Gasteiger partial charge in [0.1, 0.15) is 0 Å². The molecule has 2 aromatic rings. The Bertz CT molecular complexity index is 767. The summed E-state index contributed by atoms with van der Waals surface area (Å²) in [5.74, 6) is 1.47. The van der Waals surface area contributed by atoms with Crippen LogP contribution in [0.2, 0.25) is 5.02 Å².